The highest BCUT2D eigenvalue weighted by atomic mass is 16.2. The van der Waals surface area contributed by atoms with Gasteiger partial charge in [0.15, 0.2) is 0 Å². The van der Waals surface area contributed by atoms with Crippen LogP contribution in [0.25, 0.3) is 10.8 Å². The standard InChI is InChI=1S/C26H36N2O2/c1-2-3-4-5-6-7-10-18-27-25(29)22-16-19-28(20-17-22)26(30)24-15-11-13-21-12-8-9-14-23(21)24/h8-9,11-15,22H,2-7,10,16-20H2,1H3,(H,27,29). The van der Waals surface area contributed by atoms with Gasteiger partial charge < -0.3 is 10.2 Å². The Morgan fingerprint density at radius 3 is 2.33 bits per heavy atom. The summed E-state index contributed by atoms with van der Waals surface area (Å²) < 4.78 is 0. The molecule has 2 amide bonds. The topological polar surface area (TPSA) is 49.4 Å². The summed E-state index contributed by atoms with van der Waals surface area (Å²) in [6, 6.07) is 13.9. The Kier molecular flexibility index (Phi) is 8.73. The molecule has 1 aliphatic heterocycles. The summed E-state index contributed by atoms with van der Waals surface area (Å²) in [7, 11) is 0. The first-order valence-corrected chi connectivity index (χ1v) is 11.8. The van der Waals surface area contributed by atoms with Crippen molar-refractivity contribution < 1.29 is 9.59 Å². The zero-order valence-corrected chi connectivity index (χ0v) is 18.4. The van der Waals surface area contributed by atoms with Crippen LogP contribution in [0.1, 0.15) is 75.1 Å². The Bertz CT molecular complexity index is 819. The molecule has 1 N–H and O–H groups in total. The van der Waals surface area contributed by atoms with E-state index in [0.717, 1.165) is 42.1 Å². The molecule has 4 nitrogen and oxygen atoms in total. The lowest BCUT2D eigenvalue weighted by Gasteiger charge is -2.31. The molecule has 0 radical (unpaired) electrons. The quantitative estimate of drug-likeness (QED) is 0.523. The summed E-state index contributed by atoms with van der Waals surface area (Å²) in [6.45, 7) is 4.32. The molecule has 1 saturated heterocycles. The largest absolute Gasteiger partial charge is 0.356 e. The maximum Gasteiger partial charge on any atom is 0.254 e. The van der Waals surface area contributed by atoms with E-state index < -0.39 is 0 Å². The summed E-state index contributed by atoms with van der Waals surface area (Å²) in [5.74, 6) is 0.276. The predicted molar refractivity (Wildman–Crippen MR) is 124 cm³/mol. The van der Waals surface area contributed by atoms with E-state index in [1.807, 2.05) is 47.4 Å². The van der Waals surface area contributed by atoms with E-state index in [2.05, 4.69) is 12.2 Å². The van der Waals surface area contributed by atoms with E-state index >= 15 is 0 Å². The molecule has 0 atom stereocenters. The normalized spacial score (nSPS) is 14.8. The van der Waals surface area contributed by atoms with Gasteiger partial charge in [0, 0.05) is 31.1 Å². The highest BCUT2D eigenvalue weighted by Gasteiger charge is 2.28. The minimum atomic E-state index is 0.0334. The average molecular weight is 409 g/mol. The van der Waals surface area contributed by atoms with Gasteiger partial charge in [-0.2, -0.15) is 0 Å². The first-order valence-electron chi connectivity index (χ1n) is 11.8. The fourth-order valence-corrected chi connectivity index (χ4v) is 4.37. The molecule has 1 heterocycles. The van der Waals surface area contributed by atoms with E-state index in [1.165, 1.54) is 38.5 Å². The van der Waals surface area contributed by atoms with Crippen molar-refractivity contribution in [3.8, 4) is 0 Å². The fourth-order valence-electron chi connectivity index (χ4n) is 4.37. The number of benzene rings is 2. The average Bonchev–Trinajstić information content (AvgIpc) is 2.80. The van der Waals surface area contributed by atoms with E-state index in [4.69, 9.17) is 0 Å². The fraction of sp³-hybridized carbons (Fsp3) is 0.538. The summed E-state index contributed by atoms with van der Waals surface area (Å²) in [5, 5.41) is 5.20. The molecule has 3 rings (SSSR count). The number of nitrogens with zero attached hydrogens (tertiary/aromatic N) is 1. The van der Waals surface area contributed by atoms with Crippen LogP contribution in [0.15, 0.2) is 42.5 Å². The van der Waals surface area contributed by atoms with Crippen molar-refractivity contribution in [2.45, 2.75) is 64.7 Å². The molecule has 2 aromatic rings. The molecule has 1 aliphatic rings. The van der Waals surface area contributed by atoms with Crippen LogP contribution in [-0.2, 0) is 4.79 Å². The maximum atomic E-state index is 13.1. The zero-order valence-electron chi connectivity index (χ0n) is 18.4. The van der Waals surface area contributed by atoms with Gasteiger partial charge >= 0.3 is 0 Å². The minimum absolute atomic E-state index is 0.0334. The van der Waals surface area contributed by atoms with Gasteiger partial charge in [0.2, 0.25) is 5.91 Å². The van der Waals surface area contributed by atoms with Crippen molar-refractivity contribution >= 4 is 22.6 Å². The lowest BCUT2D eigenvalue weighted by Crippen LogP contribution is -2.43. The van der Waals surface area contributed by atoms with Crippen LogP contribution in [0.2, 0.25) is 0 Å². The number of carbonyl (C=O) groups is 2. The third kappa shape index (κ3) is 6.07. The number of amides is 2. The third-order valence-corrected chi connectivity index (χ3v) is 6.25. The minimum Gasteiger partial charge on any atom is -0.356 e. The van der Waals surface area contributed by atoms with Gasteiger partial charge in [-0.3, -0.25) is 9.59 Å². The van der Waals surface area contributed by atoms with Crippen LogP contribution >= 0.6 is 0 Å². The van der Waals surface area contributed by atoms with Crippen LogP contribution in [-0.4, -0.2) is 36.3 Å². The SMILES string of the molecule is CCCCCCCCCNC(=O)C1CCN(C(=O)c2cccc3ccccc23)CC1. The molecule has 0 bridgehead atoms. The molecular formula is C26H36N2O2. The second-order valence-electron chi connectivity index (χ2n) is 8.51. The Morgan fingerprint density at radius 1 is 0.900 bits per heavy atom. The van der Waals surface area contributed by atoms with Gasteiger partial charge in [-0.25, -0.2) is 0 Å². The Balaban J connectivity index is 1.40. The van der Waals surface area contributed by atoms with Crippen LogP contribution < -0.4 is 5.32 Å². The Labute approximate surface area is 181 Å². The number of rotatable bonds is 10. The summed E-state index contributed by atoms with van der Waals surface area (Å²) in [5.41, 5.74) is 0.759. The van der Waals surface area contributed by atoms with Crippen molar-refractivity contribution in [2.75, 3.05) is 19.6 Å². The van der Waals surface area contributed by atoms with E-state index in [0.29, 0.717) is 13.1 Å². The lowest BCUT2D eigenvalue weighted by molar-refractivity contribution is -0.126. The second-order valence-corrected chi connectivity index (χ2v) is 8.51. The number of hydrogen-bond donors (Lipinski definition) is 1. The molecule has 162 valence electrons. The zero-order chi connectivity index (χ0) is 21.2. The van der Waals surface area contributed by atoms with Gasteiger partial charge in [0.1, 0.15) is 0 Å². The summed E-state index contributed by atoms with van der Waals surface area (Å²) >= 11 is 0. The molecule has 30 heavy (non-hydrogen) atoms. The number of carbonyl (C=O) groups excluding carboxylic acids is 2. The summed E-state index contributed by atoms with van der Waals surface area (Å²) in [4.78, 5) is 27.4. The Morgan fingerprint density at radius 2 is 1.57 bits per heavy atom. The lowest BCUT2D eigenvalue weighted by atomic mass is 9.94. The monoisotopic (exact) mass is 408 g/mol. The van der Waals surface area contributed by atoms with Gasteiger partial charge in [0.05, 0.1) is 0 Å². The number of piperidine rings is 1. The molecule has 1 fully saturated rings. The van der Waals surface area contributed by atoms with Crippen LogP contribution in [0.3, 0.4) is 0 Å². The molecular weight excluding hydrogens is 372 g/mol. The molecule has 0 aliphatic carbocycles. The number of fused-ring (bicyclic) bond motifs is 1. The molecule has 0 saturated carbocycles. The third-order valence-electron chi connectivity index (χ3n) is 6.25. The molecule has 2 aromatic carbocycles. The van der Waals surface area contributed by atoms with Crippen LogP contribution in [0, 0.1) is 5.92 Å². The molecule has 4 heteroatoms. The van der Waals surface area contributed by atoms with Crippen molar-refractivity contribution in [3.63, 3.8) is 0 Å². The van der Waals surface area contributed by atoms with E-state index in [1.54, 1.807) is 0 Å². The van der Waals surface area contributed by atoms with Crippen molar-refractivity contribution in [2.24, 2.45) is 5.92 Å². The number of hydrogen-bond acceptors (Lipinski definition) is 2. The molecule has 0 aromatic heterocycles. The first kappa shape index (κ1) is 22.3. The van der Waals surface area contributed by atoms with E-state index in [-0.39, 0.29) is 17.7 Å². The number of unbranched alkanes of at least 4 members (excludes halogenated alkanes) is 6. The van der Waals surface area contributed by atoms with Gasteiger partial charge in [-0.05, 0) is 36.1 Å². The smallest absolute Gasteiger partial charge is 0.254 e. The van der Waals surface area contributed by atoms with Crippen molar-refractivity contribution in [1.82, 2.24) is 10.2 Å². The Hall–Kier alpha value is -2.36. The summed E-state index contributed by atoms with van der Waals surface area (Å²) in [6.07, 6.45) is 10.3. The number of nitrogens with one attached hydrogen (secondary N) is 1. The van der Waals surface area contributed by atoms with Gasteiger partial charge in [0.25, 0.3) is 5.91 Å². The predicted octanol–water partition coefficient (Wildman–Crippen LogP) is 5.56. The second kappa shape index (κ2) is 11.7. The van der Waals surface area contributed by atoms with Crippen LogP contribution in [0.4, 0.5) is 0 Å². The van der Waals surface area contributed by atoms with E-state index in [9.17, 15) is 9.59 Å². The maximum absolute atomic E-state index is 13.1. The van der Waals surface area contributed by atoms with Crippen molar-refractivity contribution in [1.29, 1.82) is 0 Å². The van der Waals surface area contributed by atoms with Gasteiger partial charge in [-0.15, -0.1) is 0 Å². The number of likely N-dealkylation sites (tertiary alicyclic amines) is 1. The highest BCUT2D eigenvalue weighted by molar-refractivity contribution is 6.07. The van der Waals surface area contributed by atoms with Crippen LogP contribution in [0.5, 0.6) is 0 Å². The first-order chi connectivity index (χ1) is 14.7. The molecule has 0 spiro atoms. The van der Waals surface area contributed by atoms with Gasteiger partial charge in [-0.1, -0.05) is 81.8 Å². The molecule has 0 unspecified atom stereocenters. The van der Waals surface area contributed by atoms with Crippen molar-refractivity contribution in [3.05, 3.63) is 48.0 Å². The highest BCUT2D eigenvalue weighted by Crippen LogP contribution is 2.23.